The molecule has 0 aliphatic heterocycles. The Morgan fingerprint density at radius 3 is 2.70 bits per heavy atom. The van der Waals surface area contributed by atoms with Crippen molar-refractivity contribution in [2.75, 3.05) is 0 Å². The highest BCUT2D eigenvalue weighted by atomic mass is 16.1. The lowest BCUT2D eigenvalue weighted by molar-refractivity contribution is -0.117. The van der Waals surface area contributed by atoms with Crippen molar-refractivity contribution in [2.45, 2.75) is 47.0 Å². The lowest BCUT2D eigenvalue weighted by Crippen LogP contribution is -2.14. The third-order valence-corrected chi connectivity index (χ3v) is 3.78. The Balaban J connectivity index is 2.42. The first-order chi connectivity index (χ1) is 10.9. The highest BCUT2D eigenvalue weighted by Crippen LogP contribution is 2.19. The lowest BCUT2D eigenvalue weighted by Gasteiger charge is -2.10. The van der Waals surface area contributed by atoms with Crippen LogP contribution in [-0.4, -0.2) is 20.7 Å². The van der Waals surface area contributed by atoms with E-state index in [9.17, 15) is 4.79 Å². The second kappa shape index (κ2) is 7.22. The number of amides is 1. The van der Waals surface area contributed by atoms with E-state index < -0.39 is 5.91 Å². The van der Waals surface area contributed by atoms with Gasteiger partial charge in [0.15, 0.2) is 5.82 Å². The standard InChI is InChI=1S/C18H24N4O/c1-12(2)7-5-10-18-20-17(11-16(19)23)21-22(18)15-9-6-8-13(3)14(15)4/h6-9H,5,10-11H2,1-4H3,(H2,19,23). The predicted molar refractivity (Wildman–Crippen MR) is 91.5 cm³/mol. The summed E-state index contributed by atoms with van der Waals surface area (Å²) in [6.45, 7) is 8.30. The molecule has 5 heteroatoms. The third kappa shape index (κ3) is 4.28. The number of rotatable bonds is 6. The van der Waals surface area contributed by atoms with Crippen molar-refractivity contribution < 1.29 is 4.79 Å². The monoisotopic (exact) mass is 312 g/mol. The molecule has 1 aromatic carbocycles. The molecule has 1 heterocycles. The van der Waals surface area contributed by atoms with E-state index in [0.29, 0.717) is 5.82 Å². The zero-order valence-electron chi connectivity index (χ0n) is 14.3. The summed E-state index contributed by atoms with van der Waals surface area (Å²) in [5.74, 6) is 0.914. The Kier molecular flexibility index (Phi) is 5.32. The van der Waals surface area contributed by atoms with E-state index in [1.165, 1.54) is 11.1 Å². The maximum absolute atomic E-state index is 11.2. The van der Waals surface area contributed by atoms with Crippen LogP contribution in [0.25, 0.3) is 5.69 Å². The second-order valence-corrected chi connectivity index (χ2v) is 6.04. The average Bonchev–Trinajstić information content (AvgIpc) is 2.83. The molecular formula is C18H24N4O. The zero-order chi connectivity index (χ0) is 17.0. The fraction of sp³-hybridized carbons (Fsp3) is 0.389. The lowest BCUT2D eigenvalue weighted by atomic mass is 10.1. The first kappa shape index (κ1) is 16.9. The first-order valence-electron chi connectivity index (χ1n) is 7.81. The van der Waals surface area contributed by atoms with E-state index in [1.54, 1.807) is 0 Å². The molecule has 0 saturated carbocycles. The summed E-state index contributed by atoms with van der Waals surface area (Å²) in [5.41, 5.74) is 9.91. The van der Waals surface area contributed by atoms with Crippen LogP contribution < -0.4 is 5.73 Å². The van der Waals surface area contributed by atoms with Crippen LogP contribution in [0.2, 0.25) is 0 Å². The van der Waals surface area contributed by atoms with Gasteiger partial charge in [0.05, 0.1) is 12.1 Å². The maximum Gasteiger partial charge on any atom is 0.225 e. The number of nitrogens with zero attached hydrogens (tertiary/aromatic N) is 3. The molecule has 122 valence electrons. The fourth-order valence-corrected chi connectivity index (χ4v) is 2.43. The molecule has 2 rings (SSSR count). The molecule has 0 atom stereocenters. The molecule has 1 aromatic heterocycles. The molecule has 0 bridgehead atoms. The van der Waals surface area contributed by atoms with Crippen LogP contribution in [0.4, 0.5) is 0 Å². The number of primary amides is 1. The molecule has 0 fully saturated rings. The molecule has 0 unspecified atom stereocenters. The van der Waals surface area contributed by atoms with Crippen LogP contribution in [0, 0.1) is 13.8 Å². The van der Waals surface area contributed by atoms with Gasteiger partial charge in [0, 0.05) is 6.42 Å². The van der Waals surface area contributed by atoms with Crippen LogP contribution in [0.1, 0.15) is 43.0 Å². The number of aryl methyl sites for hydroxylation is 2. The Bertz CT molecular complexity index is 739. The van der Waals surface area contributed by atoms with Crippen LogP contribution in [-0.2, 0) is 17.6 Å². The van der Waals surface area contributed by atoms with Crippen molar-refractivity contribution in [1.82, 2.24) is 14.8 Å². The Labute approximate surface area is 137 Å². The molecular weight excluding hydrogens is 288 g/mol. The third-order valence-electron chi connectivity index (χ3n) is 3.78. The van der Waals surface area contributed by atoms with Crippen LogP contribution in [0.3, 0.4) is 0 Å². The van der Waals surface area contributed by atoms with Gasteiger partial charge < -0.3 is 5.73 Å². The molecule has 2 N–H and O–H groups in total. The van der Waals surface area contributed by atoms with E-state index >= 15 is 0 Å². The zero-order valence-corrected chi connectivity index (χ0v) is 14.3. The normalized spacial score (nSPS) is 10.6. The highest BCUT2D eigenvalue weighted by Gasteiger charge is 2.14. The van der Waals surface area contributed by atoms with Gasteiger partial charge in [-0.05, 0) is 51.3 Å². The van der Waals surface area contributed by atoms with E-state index in [4.69, 9.17) is 5.73 Å². The van der Waals surface area contributed by atoms with Crippen LogP contribution in [0.5, 0.6) is 0 Å². The molecule has 0 aliphatic rings. The number of carbonyl (C=O) groups excluding carboxylic acids is 1. The minimum Gasteiger partial charge on any atom is -0.369 e. The van der Waals surface area contributed by atoms with Crippen molar-refractivity contribution in [3.05, 3.63) is 52.6 Å². The molecule has 1 amide bonds. The molecule has 0 spiro atoms. The summed E-state index contributed by atoms with van der Waals surface area (Å²) in [6.07, 6.45) is 3.90. The van der Waals surface area contributed by atoms with Gasteiger partial charge in [-0.15, -0.1) is 0 Å². The topological polar surface area (TPSA) is 73.8 Å². The minimum absolute atomic E-state index is 0.0630. The van der Waals surface area contributed by atoms with Gasteiger partial charge in [0.2, 0.25) is 5.91 Å². The molecule has 0 radical (unpaired) electrons. The van der Waals surface area contributed by atoms with E-state index in [2.05, 4.69) is 49.9 Å². The number of nitrogens with two attached hydrogens (primary N) is 1. The van der Waals surface area contributed by atoms with Crippen LogP contribution in [0.15, 0.2) is 29.8 Å². The largest absolute Gasteiger partial charge is 0.369 e. The first-order valence-corrected chi connectivity index (χ1v) is 7.81. The molecule has 5 nitrogen and oxygen atoms in total. The van der Waals surface area contributed by atoms with Gasteiger partial charge in [-0.25, -0.2) is 9.67 Å². The van der Waals surface area contributed by atoms with Crippen molar-refractivity contribution in [3.63, 3.8) is 0 Å². The summed E-state index contributed by atoms with van der Waals surface area (Å²) in [4.78, 5) is 15.7. The quantitative estimate of drug-likeness (QED) is 0.834. The number of hydrogen-bond donors (Lipinski definition) is 1. The number of hydrogen-bond acceptors (Lipinski definition) is 3. The number of aromatic nitrogens is 3. The highest BCUT2D eigenvalue weighted by molar-refractivity contribution is 5.75. The SMILES string of the molecule is CC(C)=CCCc1nc(CC(N)=O)nn1-c1cccc(C)c1C. The van der Waals surface area contributed by atoms with Gasteiger partial charge in [0.1, 0.15) is 5.82 Å². The number of carbonyl (C=O) groups is 1. The van der Waals surface area contributed by atoms with Crippen molar-refractivity contribution in [2.24, 2.45) is 5.73 Å². The van der Waals surface area contributed by atoms with E-state index in [1.807, 2.05) is 16.8 Å². The van der Waals surface area contributed by atoms with Gasteiger partial charge in [-0.3, -0.25) is 4.79 Å². The van der Waals surface area contributed by atoms with Gasteiger partial charge >= 0.3 is 0 Å². The van der Waals surface area contributed by atoms with Crippen LogP contribution >= 0.6 is 0 Å². The summed E-state index contributed by atoms with van der Waals surface area (Å²) in [5, 5.41) is 4.50. The Morgan fingerprint density at radius 2 is 2.04 bits per heavy atom. The molecule has 2 aromatic rings. The van der Waals surface area contributed by atoms with E-state index in [0.717, 1.165) is 29.9 Å². The van der Waals surface area contributed by atoms with Crippen molar-refractivity contribution in [3.8, 4) is 5.69 Å². The van der Waals surface area contributed by atoms with Crippen molar-refractivity contribution >= 4 is 5.91 Å². The smallest absolute Gasteiger partial charge is 0.225 e. The number of benzene rings is 1. The average molecular weight is 312 g/mol. The molecule has 0 saturated heterocycles. The maximum atomic E-state index is 11.2. The summed E-state index contributed by atoms with van der Waals surface area (Å²) >= 11 is 0. The molecule has 23 heavy (non-hydrogen) atoms. The summed E-state index contributed by atoms with van der Waals surface area (Å²) < 4.78 is 1.85. The Hall–Kier alpha value is -2.43. The van der Waals surface area contributed by atoms with Crippen molar-refractivity contribution in [1.29, 1.82) is 0 Å². The second-order valence-electron chi connectivity index (χ2n) is 6.04. The summed E-state index contributed by atoms with van der Waals surface area (Å²) in [7, 11) is 0. The van der Waals surface area contributed by atoms with Gasteiger partial charge in [-0.1, -0.05) is 23.8 Å². The fourth-order valence-electron chi connectivity index (χ4n) is 2.43. The predicted octanol–water partition coefficient (Wildman–Crippen LogP) is 2.81. The van der Waals surface area contributed by atoms with E-state index in [-0.39, 0.29) is 6.42 Å². The van der Waals surface area contributed by atoms with Gasteiger partial charge in [-0.2, -0.15) is 5.10 Å². The Morgan fingerprint density at radius 1 is 1.30 bits per heavy atom. The van der Waals surface area contributed by atoms with Gasteiger partial charge in [0.25, 0.3) is 0 Å². The minimum atomic E-state index is -0.418. The number of allylic oxidation sites excluding steroid dienone is 2. The molecule has 0 aliphatic carbocycles. The summed E-state index contributed by atoms with van der Waals surface area (Å²) in [6, 6.07) is 6.10.